The molecule has 3 heteroatoms. The van der Waals surface area contributed by atoms with E-state index >= 15 is 0 Å². The maximum atomic E-state index is 10.9. The molecule has 0 saturated heterocycles. The third kappa shape index (κ3) is 3.00. The lowest BCUT2D eigenvalue weighted by molar-refractivity contribution is -0.116. The van der Waals surface area contributed by atoms with Crippen molar-refractivity contribution in [1.29, 1.82) is 0 Å². The van der Waals surface area contributed by atoms with Gasteiger partial charge >= 0.3 is 0 Å². The van der Waals surface area contributed by atoms with E-state index in [0.717, 1.165) is 17.1 Å². The summed E-state index contributed by atoms with van der Waals surface area (Å²) in [5, 5.41) is 3.04. The van der Waals surface area contributed by atoms with Crippen LogP contribution in [0.5, 0.6) is 0 Å². The Morgan fingerprint density at radius 3 is 2.75 bits per heavy atom. The Labute approximate surface area is 99.0 Å². The van der Waals surface area contributed by atoms with Gasteiger partial charge in [0, 0.05) is 18.2 Å². The highest BCUT2D eigenvalue weighted by Gasteiger charge is 2.04. The van der Waals surface area contributed by atoms with Crippen LogP contribution < -0.4 is 0 Å². The highest BCUT2D eigenvalue weighted by atomic mass is 32.1. The average Bonchev–Trinajstić information content (AvgIpc) is 2.66. The number of rotatable bonds is 4. The van der Waals surface area contributed by atoms with Crippen molar-refractivity contribution >= 4 is 17.1 Å². The van der Waals surface area contributed by atoms with Crippen LogP contribution in [0.3, 0.4) is 0 Å². The standard InChI is InChI=1S/C13H13NOS/c1-10(15)7-12-9-16-13(14-12)8-11-5-3-2-4-6-11/h2-6,9H,7-8H2,1H3. The molecule has 1 aromatic carbocycles. The van der Waals surface area contributed by atoms with Crippen molar-refractivity contribution in [2.24, 2.45) is 0 Å². The number of thiazole rings is 1. The third-order valence-electron chi connectivity index (χ3n) is 2.23. The highest BCUT2D eigenvalue weighted by molar-refractivity contribution is 7.09. The lowest BCUT2D eigenvalue weighted by atomic mass is 10.2. The van der Waals surface area contributed by atoms with Gasteiger partial charge in [0.1, 0.15) is 5.78 Å². The zero-order valence-corrected chi connectivity index (χ0v) is 9.96. The summed E-state index contributed by atoms with van der Waals surface area (Å²) in [6, 6.07) is 10.2. The van der Waals surface area contributed by atoms with Crippen LogP contribution in [0.1, 0.15) is 23.2 Å². The quantitative estimate of drug-likeness (QED) is 0.810. The lowest BCUT2D eigenvalue weighted by Gasteiger charge is -1.96. The Hall–Kier alpha value is -1.48. The smallest absolute Gasteiger partial charge is 0.135 e. The number of nitrogens with zero attached hydrogens (tertiary/aromatic N) is 1. The maximum absolute atomic E-state index is 10.9. The van der Waals surface area contributed by atoms with Gasteiger partial charge in [-0.2, -0.15) is 0 Å². The molecule has 0 spiro atoms. The summed E-state index contributed by atoms with van der Waals surface area (Å²) < 4.78 is 0. The molecule has 0 aliphatic carbocycles. The van der Waals surface area contributed by atoms with Gasteiger partial charge in [-0.15, -0.1) is 11.3 Å². The van der Waals surface area contributed by atoms with Crippen LogP contribution in [0.2, 0.25) is 0 Å². The van der Waals surface area contributed by atoms with Crippen LogP contribution in [-0.4, -0.2) is 10.8 Å². The molecule has 0 aliphatic heterocycles. The molecule has 0 radical (unpaired) electrons. The van der Waals surface area contributed by atoms with Crippen molar-refractivity contribution in [3.63, 3.8) is 0 Å². The van der Waals surface area contributed by atoms with Crippen molar-refractivity contribution in [3.8, 4) is 0 Å². The molecule has 0 atom stereocenters. The van der Waals surface area contributed by atoms with Crippen LogP contribution in [0.25, 0.3) is 0 Å². The summed E-state index contributed by atoms with van der Waals surface area (Å²) in [4.78, 5) is 15.4. The van der Waals surface area contributed by atoms with E-state index in [1.54, 1.807) is 18.3 Å². The molecular weight excluding hydrogens is 218 g/mol. The number of carbonyl (C=O) groups is 1. The van der Waals surface area contributed by atoms with Gasteiger partial charge in [0.05, 0.1) is 10.7 Å². The molecule has 1 heterocycles. The van der Waals surface area contributed by atoms with Gasteiger partial charge in [0.25, 0.3) is 0 Å². The van der Waals surface area contributed by atoms with Gasteiger partial charge in [-0.1, -0.05) is 30.3 Å². The number of carbonyl (C=O) groups excluding carboxylic acids is 1. The van der Waals surface area contributed by atoms with Crippen molar-refractivity contribution in [2.75, 3.05) is 0 Å². The van der Waals surface area contributed by atoms with Crippen LogP contribution in [-0.2, 0) is 17.6 Å². The van der Waals surface area contributed by atoms with Crippen LogP contribution >= 0.6 is 11.3 Å². The van der Waals surface area contributed by atoms with Gasteiger partial charge in [0.15, 0.2) is 0 Å². The van der Waals surface area contributed by atoms with E-state index in [1.165, 1.54) is 5.56 Å². The Balaban J connectivity index is 2.06. The fourth-order valence-corrected chi connectivity index (χ4v) is 2.36. The van der Waals surface area contributed by atoms with Crippen LogP contribution in [0, 0.1) is 0 Å². The van der Waals surface area contributed by atoms with E-state index in [-0.39, 0.29) is 5.78 Å². The molecule has 1 aromatic heterocycles. The largest absolute Gasteiger partial charge is 0.300 e. The molecule has 2 nitrogen and oxygen atoms in total. The zero-order chi connectivity index (χ0) is 11.4. The normalized spacial score (nSPS) is 10.3. The summed E-state index contributed by atoms with van der Waals surface area (Å²) in [6.07, 6.45) is 1.30. The molecule has 82 valence electrons. The second kappa shape index (κ2) is 5.03. The summed E-state index contributed by atoms with van der Waals surface area (Å²) in [6.45, 7) is 1.59. The first-order chi connectivity index (χ1) is 7.74. The monoisotopic (exact) mass is 231 g/mol. The van der Waals surface area contributed by atoms with E-state index in [2.05, 4.69) is 17.1 Å². The first kappa shape index (κ1) is 11.0. The minimum atomic E-state index is 0.163. The number of hydrogen-bond acceptors (Lipinski definition) is 3. The molecule has 2 rings (SSSR count). The Kier molecular flexibility index (Phi) is 3.47. The van der Waals surface area contributed by atoms with Crippen LogP contribution in [0.4, 0.5) is 0 Å². The molecule has 2 aromatic rings. The fraction of sp³-hybridized carbons (Fsp3) is 0.231. The Bertz CT molecular complexity index is 476. The van der Waals surface area contributed by atoms with Crippen molar-refractivity contribution in [3.05, 3.63) is 52.0 Å². The van der Waals surface area contributed by atoms with Gasteiger partial charge in [0.2, 0.25) is 0 Å². The average molecular weight is 231 g/mol. The summed E-state index contributed by atoms with van der Waals surface area (Å²) in [7, 11) is 0. The zero-order valence-electron chi connectivity index (χ0n) is 9.14. The fourth-order valence-electron chi connectivity index (χ4n) is 1.54. The minimum absolute atomic E-state index is 0.163. The maximum Gasteiger partial charge on any atom is 0.135 e. The van der Waals surface area contributed by atoms with E-state index in [9.17, 15) is 4.79 Å². The molecule has 0 bridgehead atoms. The van der Waals surface area contributed by atoms with Crippen molar-refractivity contribution < 1.29 is 4.79 Å². The first-order valence-electron chi connectivity index (χ1n) is 5.20. The predicted molar refractivity (Wildman–Crippen MR) is 65.7 cm³/mol. The van der Waals surface area contributed by atoms with Crippen molar-refractivity contribution in [2.45, 2.75) is 19.8 Å². The Morgan fingerprint density at radius 2 is 2.06 bits per heavy atom. The first-order valence-corrected chi connectivity index (χ1v) is 6.08. The van der Waals surface area contributed by atoms with Crippen molar-refractivity contribution in [1.82, 2.24) is 4.98 Å². The van der Waals surface area contributed by atoms with Gasteiger partial charge < -0.3 is 0 Å². The molecule has 0 N–H and O–H groups in total. The molecule has 16 heavy (non-hydrogen) atoms. The summed E-state index contributed by atoms with van der Waals surface area (Å²) in [5.41, 5.74) is 2.15. The molecule has 0 aliphatic rings. The molecule has 0 amide bonds. The summed E-state index contributed by atoms with van der Waals surface area (Å²) >= 11 is 1.62. The molecule has 0 fully saturated rings. The number of aromatic nitrogens is 1. The number of ketones is 1. The molecular formula is C13H13NOS. The Morgan fingerprint density at radius 1 is 1.31 bits per heavy atom. The van der Waals surface area contributed by atoms with Crippen LogP contribution in [0.15, 0.2) is 35.7 Å². The second-order valence-electron chi connectivity index (χ2n) is 3.77. The number of Topliss-reactive ketones (excluding diaryl/α,β-unsaturated/α-hetero) is 1. The van der Waals surface area contributed by atoms with E-state index in [4.69, 9.17) is 0 Å². The van der Waals surface area contributed by atoms with E-state index in [1.807, 2.05) is 23.6 Å². The topological polar surface area (TPSA) is 30.0 Å². The molecule has 0 unspecified atom stereocenters. The van der Waals surface area contributed by atoms with Gasteiger partial charge in [-0.25, -0.2) is 4.98 Å². The van der Waals surface area contributed by atoms with Gasteiger partial charge in [-0.05, 0) is 12.5 Å². The number of hydrogen-bond donors (Lipinski definition) is 0. The number of benzene rings is 1. The van der Waals surface area contributed by atoms with Gasteiger partial charge in [-0.3, -0.25) is 4.79 Å². The SMILES string of the molecule is CC(=O)Cc1csc(Cc2ccccc2)n1. The van der Waals surface area contributed by atoms with E-state index < -0.39 is 0 Å². The molecule has 0 saturated carbocycles. The highest BCUT2D eigenvalue weighted by Crippen LogP contribution is 2.15. The second-order valence-corrected chi connectivity index (χ2v) is 4.72. The predicted octanol–water partition coefficient (Wildman–Crippen LogP) is 2.87. The summed E-state index contributed by atoms with van der Waals surface area (Å²) in [5.74, 6) is 0.163. The lowest BCUT2D eigenvalue weighted by Crippen LogP contribution is -1.96. The third-order valence-corrected chi connectivity index (χ3v) is 3.13. The van der Waals surface area contributed by atoms with E-state index in [0.29, 0.717) is 6.42 Å². The minimum Gasteiger partial charge on any atom is -0.300 e.